The molecule has 1 aliphatic rings. The first-order valence-electron chi connectivity index (χ1n) is 7.11. The zero-order chi connectivity index (χ0) is 17.0. The standard InChI is InChI=1S/C14H17F4N3O2/c1-7(8-2-3-19-11(6-8)23-13(17)18)20-14(22)21-10-4-9(5-10)12(15)16/h2-3,6-7,9-10,12-13H,4-5H2,1H3,(H2,20,21,22). The van der Waals surface area contributed by atoms with Crippen LogP contribution in [-0.2, 0) is 0 Å². The molecule has 128 valence electrons. The lowest BCUT2D eigenvalue weighted by molar-refractivity contribution is -0.0529. The fourth-order valence-corrected chi connectivity index (χ4v) is 2.34. The van der Waals surface area contributed by atoms with Crippen LogP contribution in [0, 0.1) is 5.92 Å². The first-order chi connectivity index (χ1) is 10.8. The fourth-order valence-electron chi connectivity index (χ4n) is 2.34. The summed E-state index contributed by atoms with van der Waals surface area (Å²) in [5.74, 6) is -0.905. The summed E-state index contributed by atoms with van der Waals surface area (Å²) in [6.07, 6.45) is -0.565. The molecule has 1 aromatic heterocycles. The van der Waals surface area contributed by atoms with Gasteiger partial charge >= 0.3 is 12.6 Å². The number of hydrogen-bond donors (Lipinski definition) is 2. The summed E-state index contributed by atoms with van der Waals surface area (Å²) < 4.78 is 53.2. The number of hydrogen-bond acceptors (Lipinski definition) is 3. The highest BCUT2D eigenvalue weighted by Crippen LogP contribution is 2.32. The van der Waals surface area contributed by atoms with Crippen molar-refractivity contribution in [1.82, 2.24) is 15.6 Å². The maximum Gasteiger partial charge on any atom is 0.388 e. The monoisotopic (exact) mass is 335 g/mol. The third-order valence-corrected chi connectivity index (χ3v) is 3.68. The number of alkyl halides is 4. The van der Waals surface area contributed by atoms with E-state index in [2.05, 4.69) is 20.4 Å². The Morgan fingerprint density at radius 2 is 2.04 bits per heavy atom. The largest absolute Gasteiger partial charge is 0.417 e. The molecule has 0 radical (unpaired) electrons. The van der Waals surface area contributed by atoms with Gasteiger partial charge in [0.25, 0.3) is 0 Å². The maximum absolute atomic E-state index is 12.4. The average Bonchev–Trinajstić information content (AvgIpc) is 2.41. The number of rotatable bonds is 6. The van der Waals surface area contributed by atoms with Crippen molar-refractivity contribution in [1.29, 1.82) is 0 Å². The van der Waals surface area contributed by atoms with Crippen molar-refractivity contribution in [2.24, 2.45) is 5.92 Å². The number of halogens is 4. The fraction of sp³-hybridized carbons (Fsp3) is 0.571. The number of nitrogens with zero attached hydrogens (tertiary/aromatic N) is 1. The van der Waals surface area contributed by atoms with Crippen LogP contribution in [0.15, 0.2) is 18.3 Å². The van der Waals surface area contributed by atoms with Crippen molar-refractivity contribution in [2.75, 3.05) is 0 Å². The minimum Gasteiger partial charge on any atom is -0.417 e. The van der Waals surface area contributed by atoms with Crippen LogP contribution in [0.4, 0.5) is 22.4 Å². The molecule has 0 bridgehead atoms. The third kappa shape index (κ3) is 4.97. The summed E-state index contributed by atoms with van der Waals surface area (Å²) in [6.45, 7) is -1.32. The van der Waals surface area contributed by atoms with Crippen LogP contribution in [0.5, 0.6) is 5.88 Å². The normalized spacial score (nSPS) is 21.7. The van der Waals surface area contributed by atoms with Gasteiger partial charge in [0.05, 0.1) is 6.04 Å². The molecule has 2 N–H and O–H groups in total. The summed E-state index contributed by atoms with van der Waals surface area (Å²) >= 11 is 0. The molecule has 1 aromatic rings. The van der Waals surface area contributed by atoms with Gasteiger partial charge in [-0.15, -0.1) is 0 Å². The number of nitrogens with one attached hydrogen (secondary N) is 2. The molecule has 0 saturated heterocycles. The highest BCUT2D eigenvalue weighted by molar-refractivity contribution is 5.74. The predicted octanol–water partition coefficient (Wildman–Crippen LogP) is 3.09. The number of carbonyl (C=O) groups excluding carboxylic acids is 1. The highest BCUT2D eigenvalue weighted by Gasteiger charge is 2.36. The Morgan fingerprint density at radius 1 is 1.35 bits per heavy atom. The van der Waals surface area contributed by atoms with Gasteiger partial charge in [0.2, 0.25) is 12.3 Å². The second kappa shape index (κ2) is 7.47. The van der Waals surface area contributed by atoms with Gasteiger partial charge in [-0.05, 0) is 31.4 Å². The number of aromatic nitrogens is 1. The van der Waals surface area contributed by atoms with E-state index in [1.807, 2.05) is 0 Å². The molecular weight excluding hydrogens is 318 g/mol. The molecule has 1 fully saturated rings. The molecule has 2 amide bonds. The van der Waals surface area contributed by atoms with Gasteiger partial charge in [0, 0.05) is 24.2 Å². The molecule has 1 heterocycles. The second-order valence-corrected chi connectivity index (χ2v) is 5.41. The molecular formula is C14H17F4N3O2. The molecule has 0 aromatic carbocycles. The van der Waals surface area contributed by atoms with Crippen LogP contribution >= 0.6 is 0 Å². The van der Waals surface area contributed by atoms with E-state index in [1.54, 1.807) is 13.0 Å². The van der Waals surface area contributed by atoms with E-state index in [4.69, 9.17) is 0 Å². The number of pyridine rings is 1. The molecule has 1 atom stereocenters. The van der Waals surface area contributed by atoms with E-state index in [-0.39, 0.29) is 24.8 Å². The van der Waals surface area contributed by atoms with Crippen molar-refractivity contribution in [3.63, 3.8) is 0 Å². The van der Waals surface area contributed by atoms with Gasteiger partial charge in [-0.1, -0.05) is 0 Å². The van der Waals surface area contributed by atoms with E-state index >= 15 is 0 Å². The summed E-state index contributed by atoms with van der Waals surface area (Å²) in [5, 5.41) is 5.21. The molecule has 0 aliphatic heterocycles. The van der Waals surface area contributed by atoms with E-state index in [1.165, 1.54) is 12.3 Å². The smallest absolute Gasteiger partial charge is 0.388 e. The van der Waals surface area contributed by atoms with E-state index in [0.29, 0.717) is 5.56 Å². The van der Waals surface area contributed by atoms with Crippen LogP contribution < -0.4 is 15.4 Å². The van der Waals surface area contributed by atoms with Crippen molar-refractivity contribution in [2.45, 2.75) is 44.9 Å². The van der Waals surface area contributed by atoms with E-state index in [9.17, 15) is 22.4 Å². The topological polar surface area (TPSA) is 63.2 Å². The van der Waals surface area contributed by atoms with E-state index < -0.39 is 31.0 Å². The van der Waals surface area contributed by atoms with Crippen molar-refractivity contribution < 1.29 is 27.1 Å². The number of carbonyl (C=O) groups is 1. The summed E-state index contributed by atoms with van der Waals surface area (Å²) in [7, 11) is 0. The summed E-state index contributed by atoms with van der Waals surface area (Å²) in [4.78, 5) is 15.4. The van der Waals surface area contributed by atoms with Crippen LogP contribution in [0.1, 0.15) is 31.4 Å². The van der Waals surface area contributed by atoms with Gasteiger partial charge in [-0.2, -0.15) is 8.78 Å². The SMILES string of the molecule is CC(NC(=O)NC1CC(C(F)F)C1)c1ccnc(OC(F)F)c1. The van der Waals surface area contributed by atoms with Crippen molar-refractivity contribution >= 4 is 6.03 Å². The summed E-state index contributed by atoms with van der Waals surface area (Å²) in [5.41, 5.74) is 0.532. The average molecular weight is 335 g/mol. The highest BCUT2D eigenvalue weighted by atomic mass is 19.3. The molecule has 23 heavy (non-hydrogen) atoms. The van der Waals surface area contributed by atoms with Crippen LogP contribution in [0.25, 0.3) is 0 Å². The first kappa shape index (κ1) is 17.3. The molecule has 2 rings (SSSR count). The maximum atomic E-state index is 12.4. The lowest BCUT2D eigenvalue weighted by Crippen LogP contribution is -2.50. The summed E-state index contributed by atoms with van der Waals surface area (Å²) in [6, 6.07) is 1.61. The van der Waals surface area contributed by atoms with Crippen LogP contribution in [0.2, 0.25) is 0 Å². The molecule has 1 aliphatic carbocycles. The third-order valence-electron chi connectivity index (χ3n) is 3.68. The predicted molar refractivity (Wildman–Crippen MR) is 73.5 cm³/mol. The minimum atomic E-state index is -2.98. The number of ether oxygens (including phenoxy) is 1. The zero-order valence-corrected chi connectivity index (χ0v) is 12.3. The van der Waals surface area contributed by atoms with Gasteiger partial charge < -0.3 is 15.4 Å². The van der Waals surface area contributed by atoms with E-state index in [0.717, 1.165) is 0 Å². The Kier molecular flexibility index (Phi) is 5.62. The Morgan fingerprint density at radius 3 is 2.65 bits per heavy atom. The molecule has 5 nitrogen and oxygen atoms in total. The Bertz CT molecular complexity index is 539. The minimum absolute atomic E-state index is 0.245. The van der Waals surface area contributed by atoms with Gasteiger partial charge in [0.1, 0.15) is 0 Å². The second-order valence-electron chi connectivity index (χ2n) is 5.41. The van der Waals surface area contributed by atoms with Crippen LogP contribution in [0.3, 0.4) is 0 Å². The number of urea groups is 1. The molecule has 1 unspecified atom stereocenters. The van der Waals surface area contributed by atoms with Crippen molar-refractivity contribution in [3.8, 4) is 5.88 Å². The van der Waals surface area contributed by atoms with Gasteiger partial charge in [0.15, 0.2) is 0 Å². The zero-order valence-electron chi connectivity index (χ0n) is 12.3. The Balaban J connectivity index is 1.82. The quantitative estimate of drug-likeness (QED) is 0.785. The Labute approximate surface area is 130 Å². The van der Waals surface area contributed by atoms with Crippen molar-refractivity contribution in [3.05, 3.63) is 23.9 Å². The number of amides is 2. The molecule has 1 saturated carbocycles. The molecule has 9 heteroatoms. The Hall–Kier alpha value is -2.06. The van der Waals surface area contributed by atoms with Crippen LogP contribution in [-0.4, -0.2) is 30.1 Å². The first-order valence-corrected chi connectivity index (χ1v) is 7.11. The van der Waals surface area contributed by atoms with Gasteiger partial charge in [-0.25, -0.2) is 18.6 Å². The molecule has 0 spiro atoms. The lowest BCUT2D eigenvalue weighted by atomic mass is 9.80. The van der Waals surface area contributed by atoms with Gasteiger partial charge in [-0.3, -0.25) is 0 Å². The lowest BCUT2D eigenvalue weighted by Gasteiger charge is -2.35.